The Morgan fingerprint density at radius 2 is 1.90 bits per heavy atom. The number of halogens is 1. The zero-order valence-corrected chi connectivity index (χ0v) is 21.2. The van der Waals surface area contributed by atoms with Crippen molar-refractivity contribution in [1.29, 1.82) is 0 Å². The molecule has 0 aliphatic carbocycles. The van der Waals surface area contributed by atoms with E-state index in [9.17, 15) is 5.11 Å². The number of nitrogens with one attached hydrogen (secondary N) is 2. The largest absolute Gasteiger partial charge is 0.383 e. The Morgan fingerprint density at radius 1 is 1.24 bits per heavy atom. The fraction of sp³-hybridized carbons (Fsp3) is 0.800. The Hall–Kier alpha value is -0.910. The minimum absolute atomic E-state index is 0. The van der Waals surface area contributed by atoms with Gasteiger partial charge in [-0.3, -0.25) is 9.58 Å². The van der Waals surface area contributed by atoms with Gasteiger partial charge in [0, 0.05) is 64.1 Å². The van der Waals surface area contributed by atoms with Crippen molar-refractivity contribution in [3.63, 3.8) is 0 Å². The summed E-state index contributed by atoms with van der Waals surface area (Å²) < 4.78 is 1.69. The summed E-state index contributed by atoms with van der Waals surface area (Å²) in [6.07, 6.45) is 3.52. The molecule has 8 nitrogen and oxygen atoms in total. The molecule has 2 atom stereocenters. The Bertz CT molecular complexity index is 624. The standard InChI is InChI=1S/C20H39N7O.HI/c1-7-21-19(23-15-20(4,28)17-12-24-26(6)14-17)22-13-18(16(2)3)27-10-8-25(5)9-11-27;/h12,14,16,18,28H,7-11,13,15H2,1-6H3,(H2,21,22,23);1H. The van der Waals surface area contributed by atoms with Crippen molar-refractivity contribution in [3.8, 4) is 0 Å². The summed E-state index contributed by atoms with van der Waals surface area (Å²) in [5, 5.41) is 21.7. The molecule has 0 saturated carbocycles. The molecule has 9 heteroatoms. The van der Waals surface area contributed by atoms with Gasteiger partial charge in [0.05, 0.1) is 12.7 Å². The SMILES string of the molecule is CCNC(=NCC(C)(O)c1cnn(C)c1)NCC(C(C)C)N1CCN(C)CC1.I. The van der Waals surface area contributed by atoms with Crippen LogP contribution < -0.4 is 10.6 Å². The fourth-order valence-electron chi connectivity index (χ4n) is 3.51. The van der Waals surface area contributed by atoms with E-state index in [1.807, 2.05) is 13.2 Å². The van der Waals surface area contributed by atoms with Gasteiger partial charge in [0.1, 0.15) is 5.60 Å². The smallest absolute Gasteiger partial charge is 0.191 e. The lowest BCUT2D eigenvalue weighted by Crippen LogP contribution is -2.55. The molecule has 2 unspecified atom stereocenters. The second-order valence-electron chi connectivity index (χ2n) is 8.40. The van der Waals surface area contributed by atoms with E-state index in [1.165, 1.54) is 0 Å². The molecule has 1 aromatic rings. The van der Waals surface area contributed by atoms with Crippen LogP contribution in [-0.4, -0.2) is 89.5 Å². The zero-order valence-electron chi connectivity index (χ0n) is 18.9. The first-order chi connectivity index (χ1) is 13.2. The van der Waals surface area contributed by atoms with Gasteiger partial charge < -0.3 is 20.6 Å². The average Bonchev–Trinajstić information content (AvgIpc) is 3.08. The van der Waals surface area contributed by atoms with Crippen LogP contribution in [-0.2, 0) is 12.6 Å². The van der Waals surface area contributed by atoms with Crippen molar-refractivity contribution in [2.24, 2.45) is 18.0 Å². The Balaban J connectivity index is 0.00000420. The maximum absolute atomic E-state index is 10.8. The van der Waals surface area contributed by atoms with Gasteiger partial charge in [0.2, 0.25) is 0 Å². The lowest BCUT2D eigenvalue weighted by atomic mass is 10.0. The summed E-state index contributed by atoms with van der Waals surface area (Å²) in [6.45, 7) is 14.7. The number of piperazine rings is 1. The number of guanidine groups is 1. The van der Waals surface area contributed by atoms with Crippen molar-refractivity contribution in [2.45, 2.75) is 39.3 Å². The molecule has 3 N–H and O–H groups in total. The van der Waals surface area contributed by atoms with E-state index in [0.29, 0.717) is 12.0 Å². The van der Waals surface area contributed by atoms with Crippen LogP contribution in [0.4, 0.5) is 0 Å². The van der Waals surface area contributed by atoms with Crippen LogP contribution in [0.1, 0.15) is 33.3 Å². The normalized spacial score (nSPS) is 19.5. The van der Waals surface area contributed by atoms with Crippen LogP contribution in [0.15, 0.2) is 17.4 Å². The third-order valence-electron chi connectivity index (χ3n) is 5.47. The lowest BCUT2D eigenvalue weighted by Gasteiger charge is -2.40. The number of aryl methyl sites for hydroxylation is 1. The van der Waals surface area contributed by atoms with Gasteiger partial charge in [-0.15, -0.1) is 24.0 Å². The molecule has 1 saturated heterocycles. The molecule has 2 rings (SSSR count). The molecule has 0 amide bonds. The predicted octanol–water partition coefficient (Wildman–Crippen LogP) is 1.07. The number of likely N-dealkylation sites (N-methyl/N-ethyl adjacent to an activating group) is 1. The molecule has 29 heavy (non-hydrogen) atoms. The van der Waals surface area contributed by atoms with E-state index < -0.39 is 5.60 Å². The van der Waals surface area contributed by atoms with E-state index in [4.69, 9.17) is 0 Å². The van der Waals surface area contributed by atoms with Crippen LogP contribution in [0.5, 0.6) is 0 Å². The van der Waals surface area contributed by atoms with E-state index in [0.717, 1.165) is 50.8 Å². The minimum atomic E-state index is -1.05. The summed E-state index contributed by atoms with van der Waals surface area (Å²) in [5.41, 5.74) is -0.280. The predicted molar refractivity (Wildman–Crippen MR) is 130 cm³/mol. The average molecular weight is 521 g/mol. The zero-order chi connectivity index (χ0) is 20.7. The molecule has 0 bridgehead atoms. The molecule has 1 aliphatic rings. The lowest BCUT2D eigenvalue weighted by molar-refractivity contribution is 0.0670. The Kier molecular flexibility index (Phi) is 10.9. The molecular weight excluding hydrogens is 481 g/mol. The molecule has 0 aromatic carbocycles. The van der Waals surface area contributed by atoms with Crippen molar-refractivity contribution >= 4 is 29.9 Å². The number of aliphatic imine (C=N–C) groups is 1. The van der Waals surface area contributed by atoms with Crippen molar-refractivity contribution in [2.75, 3.05) is 52.9 Å². The third kappa shape index (κ3) is 8.03. The quantitative estimate of drug-likeness (QED) is 0.270. The van der Waals surface area contributed by atoms with Crippen LogP contribution in [0, 0.1) is 5.92 Å². The first-order valence-electron chi connectivity index (χ1n) is 10.4. The highest BCUT2D eigenvalue weighted by atomic mass is 127. The second kappa shape index (κ2) is 12.1. The molecule has 1 aromatic heterocycles. The summed E-state index contributed by atoms with van der Waals surface area (Å²) in [7, 11) is 4.03. The first kappa shape index (κ1) is 26.1. The van der Waals surface area contributed by atoms with Crippen LogP contribution in [0.25, 0.3) is 0 Å². The molecular formula is C20H40IN7O. The van der Waals surface area contributed by atoms with Gasteiger partial charge in [-0.2, -0.15) is 5.10 Å². The van der Waals surface area contributed by atoms with Crippen LogP contribution >= 0.6 is 24.0 Å². The number of hydrogen-bond donors (Lipinski definition) is 3. The fourth-order valence-corrected chi connectivity index (χ4v) is 3.51. The van der Waals surface area contributed by atoms with Gasteiger partial charge in [0.25, 0.3) is 0 Å². The Labute approximate surface area is 193 Å². The second-order valence-corrected chi connectivity index (χ2v) is 8.40. The minimum Gasteiger partial charge on any atom is -0.383 e. The van der Waals surface area contributed by atoms with Gasteiger partial charge >= 0.3 is 0 Å². The van der Waals surface area contributed by atoms with Crippen molar-refractivity contribution < 1.29 is 5.11 Å². The summed E-state index contributed by atoms with van der Waals surface area (Å²) >= 11 is 0. The molecule has 168 valence electrons. The summed E-state index contributed by atoms with van der Waals surface area (Å²) in [5.74, 6) is 1.30. The van der Waals surface area contributed by atoms with E-state index in [2.05, 4.69) is 58.3 Å². The van der Waals surface area contributed by atoms with Crippen LogP contribution in [0.3, 0.4) is 0 Å². The maximum Gasteiger partial charge on any atom is 0.191 e. The molecule has 0 radical (unpaired) electrons. The van der Waals surface area contributed by atoms with Crippen LogP contribution in [0.2, 0.25) is 0 Å². The molecule has 0 spiro atoms. The van der Waals surface area contributed by atoms with Gasteiger partial charge in [0.15, 0.2) is 5.96 Å². The van der Waals surface area contributed by atoms with Crippen molar-refractivity contribution in [3.05, 3.63) is 18.0 Å². The number of hydrogen-bond acceptors (Lipinski definition) is 5. The van der Waals surface area contributed by atoms with Gasteiger partial charge in [-0.1, -0.05) is 13.8 Å². The highest BCUT2D eigenvalue weighted by molar-refractivity contribution is 14.0. The highest BCUT2D eigenvalue weighted by Gasteiger charge is 2.26. The van der Waals surface area contributed by atoms with Gasteiger partial charge in [-0.05, 0) is 26.8 Å². The van der Waals surface area contributed by atoms with E-state index in [-0.39, 0.29) is 30.5 Å². The molecule has 1 fully saturated rings. The number of aromatic nitrogens is 2. The number of rotatable bonds is 8. The van der Waals surface area contributed by atoms with E-state index in [1.54, 1.807) is 17.8 Å². The number of aliphatic hydroxyl groups is 1. The number of nitrogens with zero attached hydrogens (tertiary/aromatic N) is 5. The Morgan fingerprint density at radius 3 is 2.41 bits per heavy atom. The van der Waals surface area contributed by atoms with Gasteiger partial charge in [-0.25, -0.2) is 4.99 Å². The summed E-state index contributed by atoms with van der Waals surface area (Å²) in [6, 6.07) is 0.455. The first-order valence-corrected chi connectivity index (χ1v) is 10.4. The highest BCUT2D eigenvalue weighted by Crippen LogP contribution is 2.20. The molecule has 1 aliphatic heterocycles. The van der Waals surface area contributed by atoms with Crippen molar-refractivity contribution in [1.82, 2.24) is 30.2 Å². The maximum atomic E-state index is 10.8. The van der Waals surface area contributed by atoms with E-state index >= 15 is 0 Å². The monoisotopic (exact) mass is 521 g/mol. The third-order valence-corrected chi connectivity index (χ3v) is 5.47. The topological polar surface area (TPSA) is 80.9 Å². The molecule has 2 heterocycles. The summed E-state index contributed by atoms with van der Waals surface area (Å²) in [4.78, 5) is 9.60.